The maximum atomic E-state index is 13.2. The van der Waals surface area contributed by atoms with Crippen molar-refractivity contribution in [2.75, 3.05) is 69.7 Å². The van der Waals surface area contributed by atoms with E-state index in [1.54, 1.807) is 38.1 Å². The van der Waals surface area contributed by atoms with Crippen LogP contribution in [0.25, 0.3) is 0 Å². The van der Waals surface area contributed by atoms with Crippen molar-refractivity contribution in [2.24, 2.45) is 0 Å². The summed E-state index contributed by atoms with van der Waals surface area (Å²) in [4.78, 5) is 56.2. The van der Waals surface area contributed by atoms with Crippen LogP contribution in [0.1, 0.15) is 36.2 Å². The fourth-order valence-corrected chi connectivity index (χ4v) is 5.73. The fourth-order valence-electron chi connectivity index (χ4n) is 4.64. The van der Waals surface area contributed by atoms with Crippen LogP contribution in [0.5, 0.6) is 0 Å². The van der Waals surface area contributed by atoms with Gasteiger partial charge in [0.2, 0.25) is 5.91 Å². The third-order valence-corrected chi connectivity index (χ3v) is 8.38. The van der Waals surface area contributed by atoms with E-state index in [1.807, 2.05) is 29.2 Å². The Balaban J connectivity index is 1.54. The van der Waals surface area contributed by atoms with E-state index in [1.165, 1.54) is 10.5 Å². The highest BCUT2D eigenvalue weighted by molar-refractivity contribution is 8.01. The Morgan fingerprint density at radius 2 is 1.60 bits per heavy atom. The molecule has 1 N–H and O–H groups in total. The second-order valence-electron chi connectivity index (χ2n) is 9.89. The number of aliphatic hydroxyl groups is 1. The minimum atomic E-state index is -0.892. The van der Waals surface area contributed by atoms with Gasteiger partial charge in [0.25, 0.3) is 5.91 Å². The van der Waals surface area contributed by atoms with Crippen molar-refractivity contribution in [3.63, 3.8) is 0 Å². The Hall–Kier alpha value is -3.12. The van der Waals surface area contributed by atoms with Crippen LogP contribution in [-0.2, 0) is 30.3 Å². The maximum absolute atomic E-state index is 13.2. The monoisotopic (exact) mass is 633 g/mol. The summed E-state index contributed by atoms with van der Waals surface area (Å²) in [6, 6.07) is 14.6. The number of rotatable bonds is 15. The standard InChI is InChI=1S/C31H40ClN3O7S/c1-3-41-29(38)21-27(31(40)42-4-2)43-22-28(37)35(19-20-36)26-11-7-24(8-12-26)30(39)34-17-15-33(16-18-34)14-13-23-5-9-25(32)10-6-23/h5-12,27,36H,3-4,13-22H2,1-2H3. The van der Waals surface area contributed by atoms with Gasteiger partial charge in [-0.3, -0.25) is 24.1 Å². The Labute approximate surface area is 262 Å². The lowest BCUT2D eigenvalue weighted by atomic mass is 10.1. The second-order valence-corrected chi connectivity index (χ2v) is 11.5. The number of halogens is 1. The number of benzene rings is 2. The molecule has 1 saturated heterocycles. The fraction of sp³-hybridized carbons (Fsp3) is 0.484. The van der Waals surface area contributed by atoms with Gasteiger partial charge in [0, 0.05) is 55.5 Å². The Morgan fingerprint density at radius 1 is 0.953 bits per heavy atom. The summed E-state index contributed by atoms with van der Waals surface area (Å²) in [6.07, 6.45) is 0.709. The van der Waals surface area contributed by atoms with E-state index in [0.717, 1.165) is 42.8 Å². The molecule has 234 valence electrons. The predicted molar refractivity (Wildman–Crippen MR) is 168 cm³/mol. The van der Waals surface area contributed by atoms with Gasteiger partial charge in [0.1, 0.15) is 5.25 Å². The van der Waals surface area contributed by atoms with Crippen LogP contribution in [0.2, 0.25) is 5.02 Å². The Bertz CT molecular complexity index is 1200. The number of esters is 2. The number of nitrogens with zero attached hydrogens (tertiary/aromatic N) is 3. The van der Waals surface area contributed by atoms with Crippen LogP contribution in [0.15, 0.2) is 48.5 Å². The van der Waals surface area contributed by atoms with Crippen LogP contribution in [-0.4, -0.2) is 109 Å². The first-order valence-electron chi connectivity index (χ1n) is 14.5. The molecule has 2 aromatic rings. The Kier molecular flexibility index (Phi) is 14.3. The van der Waals surface area contributed by atoms with E-state index in [4.69, 9.17) is 21.1 Å². The number of piperazine rings is 1. The number of carbonyl (C=O) groups excluding carboxylic acids is 4. The van der Waals surface area contributed by atoms with Crippen molar-refractivity contribution in [3.05, 3.63) is 64.7 Å². The highest BCUT2D eigenvalue weighted by Gasteiger charge is 2.27. The number of thioether (sulfide) groups is 1. The van der Waals surface area contributed by atoms with Gasteiger partial charge < -0.3 is 24.4 Å². The van der Waals surface area contributed by atoms with E-state index in [0.29, 0.717) is 24.3 Å². The van der Waals surface area contributed by atoms with Crippen LogP contribution in [0, 0.1) is 0 Å². The molecule has 10 nitrogen and oxygen atoms in total. The lowest BCUT2D eigenvalue weighted by molar-refractivity contribution is -0.149. The first kappa shape index (κ1) is 34.4. The highest BCUT2D eigenvalue weighted by atomic mass is 35.5. The molecule has 43 heavy (non-hydrogen) atoms. The summed E-state index contributed by atoms with van der Waals surface area (Å²) in [5, 5.41) is 9.44. The van der Waals surface area contributed by atoms with Crippen LogP contribution < -0.4 is 4.90 Å². The van der Waals surface area contributed by atoms with E-state index < -0.39 is 17.2 Å². The largest absolute Gasteiger partial charge is 0.466 e. The Morgan fingerprint density at radius 3 is 2.21 bits per heavy atom. The van der Waals surface area contributed by atoms with Crippen molar-refractivity contribution in [3.8, 4) is 0 Å². The molecule has 0 bridgehead atoms. The summed E-state index contributed by atoms with van der Waals surface area (Å²) in [5.74, 6) is -1.69. The third-order valence-electron chi connectivity index (χ3n) is 6.95. The molecule has 2 aromatic carbocycles. The molecule has 3 rings (SSSR count). The molecule has 1 aliphatic heterocycles. The number of hydrogen-bond donors (Lipinski definition) is 1. The molecule has 0 aliphatic carbocycles. The minimum absolute atomic E-state index is 0.0343. The molecule has 1 heterocycles. The molecular formula is C31H40ClN3O7S. The number of carbonyl (C=O) groups is 4. The number of aliphatic hydroxyl groups excluding tert-OH is 1. The quantitative estimate of drug-likeness (QED) is 0.295. The molecule has 1 aliphatic rings. The first-order valence-corrected chi connectivity index (χ1v) is 15.9. The number of ether oxygens (including phenoxy) is 2. The van der Waals surface area contributed by atoms with Crippen LogP contribution >= 0.6 is 23.4 Å². The van der Waals surface area contributed by atoms with E-state index in [-0.39, 0.29) is 50.4 Å². The average molecular weight is 634 g/mol. The third kappa shape index (κ3) is 10.8. The van der Waals surface area contributed by atoms with E-state index >= 15 is 0 Å². The zero-order valence-electron chi connectivity index (χ0n) is 24.7. The summed E-state index contributed by atoms with van der Waals surface area (Å²) in [7, 11) is 0. The predicted octanol–water partition coefficient (Wildman–Crippen LogP) is 3.28. The summed E-state index contributed by atoms with van der Waals surface area (Å²) in [5.41, 5.74) is 2.26. The second kappa shape index (κ2) is 17.9. The lowest BCUT2D eigenvalue weighted by Gasteiger charge is -2.35. The van der Waals surface area contributed by atoms with Crippen LogP contribution in [0.4, 0.5) is 5.69 Å². The SMILES string of the molecule is CCOC(=O)CC(SCC(=O)N(CCO)c1ccc(C(=O)N2CCN(CCc3ccc(Cl)cc3)CC2)cc1)C(=O)OCC. The molecule has 0 saturated carbocycles. The summed E-state index contributed by atoms with van der Waals surface area (Å²) < 4.78 is 10.0. The number of amides is 2. The molecule has 2 amide bonds. The smallest absolute Gasteiger partial charge is 0.319 e. The van der Waals surface area contributed by atoms with Crippen molar-refractivity contribution >= 4 is 52.8 Å². The minimum Gasteiger partial charge on any atom is -0.466 e. The molecular weight excluding hydrogens is 594 g/mol. The zero-order chi connectivity index (χ0) is 31.2. The molecule has 1 fully saturated rings. The average Bonchev–Trinajstić information content (AvgIpc) is 3.01. The van der Waals surface area contributed by atoms with Gasteiger partial charge in [-0.2, -0.15) is 0 Å². The van der Waals surface area contributed by atoms with Crippen LogP contribution in [0.3, 0.4) is 0 Å². The van der Waals surface area contributed by atoms with Gasteiger partial charge in [-0.15, -0.1) is 11.8 Å². The van der Waals surface area contributed by atoms with Gasteiger partial charge in [-0.1, -0.05) is 23.7 Å². The van der Waals surface area contributed by atoms with Gasteiger partial charge in [-0.25, -0.2) is 0 Å². The first-order chi connectivity index (χ1) is 20.7. The summed E-state index contributed by atoms with van der Waals surface area (Å²) in [6.45, 7) is 7.17. The molecule has 0 spiro atoms. The van der Waals surface area contributed by atoms with Crippen molar-refractivity contribution in [1.29, 1.82) is 0 Å². The number of hydrogen-bond acceptors (Lipinski definition) is 9. The van der Waals surface area contributed by atoms with Gasteiger partial charge in [-0.05, 0) is 62.2 Å². The van der Waals surface area contributed by atoms with Crippen molar-refractivity contribution in [1.82, 2.24) is 9.80 Å². The molecule has 0 aromatic heterocycles. The van der Waals surface area contributed by atoms with Gasteiger partial charge in [0.05, 0.1) is 32.0 Å². The van der Waals surface area contributed by atoms with E-state index in [9.17, 15) is 24.3 Å². The molecule has 12 heteroatoms. The summed E-state index contributed by atoms with van der Waals surface area (Å²) >= 11 is 6.96. The lowest BCUT2D eigenvalue weighted by Crippen LogP contribution is -2.49. The van der Waals surface area contributed by atoms with Gasteiger partial charge >= 0.3 is 11.9 Å². The topological polar surface area (TPSA) is 117 Å². The van der Waals surface area contributed by atoms with Crippen molar-refractivity contribution in [2.45, 2.75) is 31.9 Å². The maximum Gasteiger partial charge on any atom is 0.319 e. The van der Waals surface area contributed by atoms with E-state index in [2.05, 4.69) is 4.90 Å². The van der Waals surface area contributed by atoms with Gasteiger partial charge in [0.15, 0.2) is 0 Å². The highest BCUT2D eigenvalue weighted by Crippen LogP contribution is 2.22. The molecule has 1 atom stereocenters. The number of anilines is 1. The molecule has 0 radical (unpaired) electrons. The zero-order valence-corrected chi connectivity index (χ0v) is 26.3. The normalized spacial score (nSPS) is 14.2. The van der Waals surface area contributed by atoms with Crippen molar-refractivity contribution < 1.29 is 33.8 Å². The molecule has 1 unspecified atom stereocenters.